The first-order valence-corrected chi connectivity index (χ1v) is 10.9. The average molecular weight is 398 g/mol. The van der Waals surface area contributed by atoms with E-state index >= 15 is 0 Å². The van der Waals surface area contributed by atoms with Crippen LogP contribution in [0.5, 0.6) is 5.75 Å². The number of halogens is 1. The van der Waals surface area contributed by atoms with Gasteiger partial charge < -0.3 is 10.1 Å². The number of hydrogen-bond donors (Lipinski definition) is 1. The van der Waals surface area contributed by atoms with Crippen molar-refractivity contribution >= 4 is 23.2 Å². The van der Waals surface area contributed by atoms with Crippen LogP contribution in [-0.2, 0) is 10.2 Å². The van der Waals surface area contributed by atoms with Gasteiger partial charge in [-0.1, -0.05) is 43.0 Å². The maximum Gasteiger partial charge on any atom is 0.235 e. The highest BCUT2D eigenvalue weighted by Gasteiger charge is 2.41. The van der Waals surface area contributed by atoms with Gasteiger partial charge in [0.1, 0.15) is 5.75 Å². The molecule has 2 aromatic carbocycles. The number of amides is 1. The Morgan fingerprint density at radius 1 is 0.893 bits per heavy atom. The second-order valence-corrected chi connectivity index (χ2v) is 8.59. The summed E-state index contributed by atoms with van der Waals surface area (Å²) in [4.78, 5) is 13.4. The van der Waals surface area contributed by atoms with Gasteiger partial charge in [0.25, 0.3) is 0 Å². The maximum atomic E-state index is 13.4. The lowest BCUT2D eigenvalue weighted by Crippen LogP contribution is -2.42. The highest BCUT2D eigenvalue weighted by molar-refractivity contribution is 6.30. The van der Waals surface area contributed by atoms with Crippen LogP contribution in [0.15, 0.2) is 48.5 Å². The van der Waals surface area contributed by atoms with E-state index < -0.39 is 5.41 Å². The van der Waals surface area contributed by atoms with E-state index in [4.69, 9.17) is 16.3 Å². The molecule has 148 valence electrons. The van der Waals surface area contributed by atoms with Crippen LogP contribution in [0.3, 0.4) is 0 Å². The molecule has 0 heterocycles. The molecule has 2 saturated carbocycles. The van der Waals surface area contributed by atoms with Crippen molar-refractivity contribution in [3.05, 3.63) is 59.1 Å². The van der Waals surface area contributed by atoms with E-state index in [9.17, 15) is 4.79 Å². The second kappa shape index (κ2) is 8.57. The van der Waals surface area contributed by atoms with Gasteiger partial charge in [-0.2, -0.15) is 0 Å². The van der Waals surface area contributed by atoms with Gasteiger partial charge >= 0.3 is 0 Å². The molecule has 0 aliphatic heterocycles. The fourth-order valence-corrected chi connectivity index (χ4v) is 4.76. The molecule has 4 rings (SSSR count). The largest absolute Gasteiger partial charge is 0.490 e. The Morgan fingerprint density at radius 3 is 2.18 bits per heavy atom. The van der Waals surface area contributed by atoms with Crippen LogP contribution in [0.4, 0.5) is 5.69 Å². The number of carbonyl (C=O) groups is 1. The summed E-state index contributed by atoms with van der Waals surface area (Å²) < 4.78 is 6.03. The molecular formula is C24H28ClNO2. The van der Waals surface area contributed by atoms with Crippen molar-refractivity contribution < 1.29 is 9.53 Å². The molecule has 0 aromatic heterocycles. The van der Waals surface area contributed by atoms with Crippen LogP contribution in [-0.4, -0.2) is 12.0 Å². The Bertz CT molecular complexity index is 788. The zero-order valence-corrected chi connectivity index (χ0v) is 17.0. The zero-order chi connectivity index (χ0) is 19.4. The second-order valence-electron chi connectivity index (χ2n) is 8.15. The maximum absolute atomic E-state index is 13.4. The highest BCUT2D eigenvalue weighted by Crippen LogP contribution is 2.41. The summed E-state index contributed by atoms with van der Waals surface area (Å²) in [5.41, 5.74) is 1.42. The molecule has 3 nitrogen and oxygen atoms in total. The van der Waals surface area contributed by atoms with Crippen molar-refractivity contribution in [2.75, 3.05) is 5.32 Å². The Balaban J connectivity index is 1.48. The summed E-state index contributed by atoms with van der Waals surface area (Å²) in [5.74, 6) is 0.967. The third-order valence-corrected chi connectivity index (χ3v) is 6.51. The van der Waals surface area contributed by atoms with Gasteiger partial charge in [-0.3, -0.25) is 4.79 Å². The molecule has 0 spiro atoms. The van der Waals surface area contributed by atoms with Gasteiger partial charge in [-0.25, -0.2) is 0 Å². The zero-order valence-electron chi connectivity index (χ0n) is 16.3. The Hall–Kier alpha value is -2.00. The van der Waals surface area contributed by atoms with E-state index in [1.807, 2.05) is 48.5 Å². The fourth-order valence-electron chi connectivity index (χ4n) is 4.64. The van der Waals surface area contributed by atoms with Crippen LogP contribution >= 0.6 is 11.6 Å². The monoisotopic (exact) mass is 397 g/mol. The standard InChI is InChI=1S/C24H28ClNO2/c25-19-10-8-18(9-11-19)24(16-4-1-5-17-24)23(27)26-20-12-14-22(15-13-20)28-21-6-2-3-7-21/h8-15,21H,1-7,16-17H2,(H,26,27). The van der Waals surface area contributed by atoms with Gasteiger partial charge in [-0.15, -0.1) is 0 Å². The molecule has 2 aliphatic carbocycles. The Morgan fingerprint density at radius 2 is 1.54 bits per heavy atom. The average Bonchev–Trinajstić information content (AvgIpc) is 3.23. The molecule has 2 fully saturated rings. The number of carbonyl (C=O) groups excluding carboxylic acids is 1. The van der Waals surface area contributed by atoms with Crippen LogP contribution in [0.1, 0.15) is 63.4 Å². The first-order chi connectivity index (χ1) is 13.7. The number of benzene rings is 2. The SMILES string of the molecule is O=C(Nc1ccc(OC2CCCC2)cc1)C1(c2ccc(Cl)cc2)CCCCC1. The number of hydrogen-bond acceptors (Lipinski definition) is 2. The molecule has 4 heteroatoms. The first-order valence-electron chi connectivity index (χ1n) is 10.5. The third-order valence-electron chi connectivity index (χ3n) is 6.26. The summed E-state index contributed by atoms with van der Waals surface area (Å²) in [5, 5.41) is 3.86. The van der Waals surface area contributed by atoms with Crippen molar-refractivity contribution in [1.82, 2.24) is 0 Å². The van der Waals surface area contributed by atoms with Crippen LogP contribution < -0.4 is 10.1 Å². The summed E-state index contributed by atoms with van der Waals surface area (Å²) >= 11 is 6.07. The molecule has 28 heavy (non-hydrogen) atoms. The number of nitrogens with one attached hydrogen (secondary N) is 1. The van der Waals surface area contributed by atoms with Crippen LogP contribution in [0, 0.1) is 0 Å². The van der Waals surface area contributed by atoms with E-state index in [1.54, 1.807) is 0 Å². The van der Waals surface area contributed by atoms with Gasteiger partial charge in [0.05, 0.1) is 11.5 Å². The molecule has 0 atom stereocenters. The fraction of sp³-hybridized carbons (Fsp3) is 0.458. The van der Waals surface area contributed by atoms with Gasteiger partial charge in [0, 0.05) is 10.7 Å². The van der Waals surface area contributed by atoms with E-state index in [-0.39, 0.29) is 5.91 Å². The van der Waals surface area contributed by atoms with Gasteiger partial charge in [0.2, 0.25) is 5.91 Å². The Kier molecular flexibility index (Phi) is 5.91. The number of rotatable bonds is 5. The molecule has 2 aromatic rings. The summed E-state index contributed by atoms with van der Waals surface area (Å²) in [6.45, 7) is 0. The predicted molar refractivity (Wildman–Crippen MR) is 114 cm³/mol. The lowest BCUT2D eigenvalue weighted by molar-refractivity contribution is -0.122. The molecule has 0 radical (unpaired) electrons. The first kappa shape index (κ1) is 19.3. The molecular weight excluding hydrogens is 370 g/mol. The topological polar surface area (TPSA) is 38.3 Å². The number of ether oxygens (including phenoxy) is 1. The lowest BCUT2D eigenvalue weighted by Gasteiger charge is -2.36. The van der Waals surface area contributed by atoms with E-state index in [0.717, 1.165) is 55.5 Å². The summed E-state index contributed by atoms with van der Waals surface area (Å²) in [7, 11) is 0. The molecule has 1 N–H and O–H groups in total. The van der Waals surface area contributed by atoms with Crippen molar-refractivity contribution in [2.45, 2.75) is 69.3 Å². The van der Waals surface area contributed by atoms with Gasteiger partial charge in [0.15, 0.2) is 0 Å². The van der Waals surface area contributed by atoms with Crippen LogP contribution in [0.25, 0.3) is 0 Å². The minimum Gasteiger partial charge on any atom is -0.490 e. The van der Waals surface area contributed by atoms with Crippen molar-refractivity contribution in [1.29, 1.82) is 0 Å². The van der Waals surface area contributed by atoms with Crippen molar-refractivity contribution in [2.24, 2.45) is 0 Å². The molecule has 1 amide bonds. The van der Waals surface area contributed by atoms with E-state index in [1.165, 1.54) is 19.3 Å². The molecule has 2 aliphatic rings. The minimum absolute atomic E-state index is 0.0824. The van der Waals surface area contributed by atoms with Gasteiger partial charge in [-0.05, 0) is 80.5 Å². The summed E-state index contributed by atoms with van der Waals surface area (Å²) in [6.07, 6.45) is 10.2. The van der Waals surface area contributed by atoms with Crippen LogP contribution in [0.2, 0.25) is 5.02 Å². The molecule has 0 unspecified atom stereocenters. The smallest absolute Gasteiger partial charge is 0.235 e. The summed E-state index contributed by atoms with van der Waals surface area (Å²) in [6, 6.07) is 15.6. The normalized spacial score (nSPS) is 19.3. The minimum atomic E-state index is -0.470. The molecule has 0 bridgehead atoms. The van der Waals surface area contributed by atoms with Crippen molar-refractivity contribution in [3.63, 3.8) is 0 Å². The van der Waals surface area contributed by atoms with E-state index in [2.05, 4.69) is 5.32 Å². The quantitative estimate of drug-likeness (QED) is 0.625. The third kappa shape index (κ3) is 4.20. The molecule has 0 saturated heterocycles. The Labute approximate surface area is 172 Å². The lowest BCUT2D eigenvalue weighted by atomic mass is 9.68. The number of anilines is 1. The predicted octanol–water partition coefficient (Wildman–Crippen LogP) is 6.50. The highest BCUT2D eigenvalue weighted by atomic mass is 35.5. The van der Waals surface area contributed by atoms with Crippen molar-refractivity contribution in [3.8, 4) is 5.75 Å². The van der Waals surface area contributed by atoms with E-state index in [0.29, 0.717) is 11.1 Å².